The number of methoxy groups -OCH3 is 1. The number of benzene rings is 1. The molecule has 3 N–H and O–H groups in total. The number of rotatable bonds is 7. The third kappa shape index (κ3) is 5.48. The summed E-state index contributed by atoms with van der Waals surface area (Å²) >= 11 is 1.64. The first kappa shape index (κ1) is 15.8. The molecule has 1 rings (SSSR count). The van der Waals surface area contributed by atoms with E-state index in [1.54, 1.807) is 17.8 Å². The van der Waals surface area contributed by atoms with Crippen LogP contribution in [0.5, 0.6) is 5.75 Å². The molecule has 0 heterocycles. The molecule has 0 saturated heterocycles. The van der Waals surface area contributed by atoms with Gasteiger partial charge in [0.15, 0.2) is 0 Å². The minimum atomic E-state index is -0.525. The molecule has 6 heteroatoms. The number of amides is 1. The highest BCUT2D eigenvalue weighted by atomic mass is 32.2. The predicted molar refractivity (Wildman–Crippen MR) is 75.8 cm³/mol. The van der Waals surface area contributed by atoms with E-state index in [-0.39, 0.29) is 12.5 Å². The van der Waals surface area contributed by atoms with Gasteiger partial charge in [-0.1, -0.05) is 0 Å². The normalized spacial score (nSPS) is 12.0. The topological polar surface area (TPSA) is 64.3 Å². The van der Waals surface area contributed by atoms with Gasteiger partial charge in [0.1, 0.15) is 11.6 Å². The summed E-state index contributed by atoms with van der Waals surface area (Å²) in [5.41, 5.74) is 6.37. The molecule has 1 aromatic carbocycles. The van der Waals surface area contributed by atoms with Gasteiger partial charge >= 0.3 is 0 Å². The summed E-state index contributed by atoms with van der Waals surface area (Å²) in [5.74, 6) is 0.644. The molecular weight excluding hydrogens is 267 g/mol. The van der Waals surface area contributed by atoms with Gasteiger partial charge in [0.2, 0.25) is 5.91 Å². The first-order chi connectivity index (χ1) is 9.06. The highest BCUT2D eigenvalue weighted by Crippen LogP contribution is 2.15. The van der Waals surface area contributed by atoms with Gasteiger partial charge in [-0.3, -0.25) is 4.79 Å². The molecule has 1 amide bonds. The van der Waals surface area contributed by atoms with Crippen molar-refractivity contribution in [2.45, 2.75) is 19.0 Å². The Labute approximate surface area is 116 Å². The number of hydrogen-bond acceptors (Lipinski definition) is 4. The Hall–Kier alpha value is -1.27. The van der Waals surface area contributed by atoms with E-state index in [0.717, 1.165) is 5.75 Å². The highest BCUT2D eigenvalue weighted by molar-refractivity contribution is 7.98. The zero-order chi connectivity index (χ0) is 14.3. The third-order valence-corrected chi connectivity index (χ3v) is 3.25. The van der Waals surface area contributed by atoms with Crippen molar-refractivity contribution in [1.82, 2.24) is 5.32 Å². The van der Waals surface area contributed by atoms with Crippen LogP contribution >= 0.6 is 11.8 Å². The van der Waals surface area contributed by atoms with Gasteiger partial charge in [0, 0.05) is 12.6 Å². The first-order valence-corrected chi connectivity index (χ1v) is 7.32. The van der Waals surface area contributed by atoms with E-state index in [4.69, 9.17) is 10.5 Å². The largest absolute Gasteiger partial charge is 0.497 e. The minimum Gasteiger partial charge on any atom is -0.497 e. The van der Waals surface area contributed by atoms with Crippen LogP contribution in [0.4, 0.5) is 4.39 Å². The Bertz CT molecular complexity index is 429. The van der Waals surface area contributed by atoms with Gasteiger partial charge in [-0.15, -0.1) is 0 Å². The summed E-state index contributed by atoms with van der Waals surface area (Å²) in [4.78, 5) is 11.7. The summed E-state index contributed by atoms with van der Waals surface area (Å²) in [6.07, 6.45) is 2.59. The third-order valence-electron chi connectivity index (χ3n) is 2.60. The first-order valence-electron chi connectivity index (χ1n) is 5.92. The Morgan fingerprint density at radius 3 is 2.89 bits per heavy atom. The van der Waals surface area contributed by atoms with Crippen molar-refractivity contribution >= 4 is 17.7 Å². The highest BCUT2D eigenvalue weighted by Gasteiger charge is 2.12. The van der Waals surface area contributed by atoms with Crippen LogP contribution in [0.2, 0.25) is 0 Å². The average Bonchev–Trinajstić information content (AvgIpc) is 2.41. The lowest BCUT2D eigenvalue weighted by Gasteiger charge is -2.12. The molecule has 0 spiro atoms. The van der Waals surface area contributed by atoms with Crippen molar-refractivity contribution in [2.24, 2.45) is 5.73 Å². The van der Waals surface area contributed by atoms with E-state index in [9.17, 15) is 9.18 Å². The molecule has 0 aliphatic carbocycles. The smallest absolute Gasteiger partial charge is 0.237 e. The predicted octanol–water partition coefficient (Wildman–Crippen LogP) is 1.53. The number of halogens is 1. The van der Waals surface area contributed by atoms with Gasteiger partial charge in [-0.2, -0.15) is 11.8 Å². The van der Waals surface area contributed by atoms with Crippen LogP contribution in [0, 0.1) is 5.82 Å². The van der Waals surface area contributed by atoms with Crippen LogP contribution in [0.15, 0.2) is 18.2 Å². The maximum Gasteiger partial charge on any atom is 0.237 e. The molecule has 0 aliphatic heterocycles. The van der Waals surface area contributed by atoms with Gasteiger partial charge < -0.3 is 15.8 Å². The summed E-state index contributed by atoms with van der Waals surface area (Å²) in [5, 5.41) is 2.69. The van der Waals surface area contributed by atoms with E-state index < -0.39 is 11.9 Å². The summed E-state index contributed by atoms with van der Waals surface area (Å²) < 4.78 is 18.2. The second-order valence-electron chi connectivity index (χ2n) is 4.11. The zero-order valence-corrected chi connectivity index (χ0v) is 11.9. The maximum absolute atomic E-state index is 13.2. The number of carbonyl (C=O) groups is 1. The van der Waals surface area contributed by atoms with Crippen LogP contribution in [0.1, 0.15) is 12.0 Å². The fraction of sp³-hybridized carbons (Fsp3) is 0.462. The lowest BCUT2D eigenvalue weighted by molar-refractivity contribution is -0.122. The van der Waals surface area contributed by atoms with E-state index >= 15 is 0 Å². The lowest BCUT2D eigenvalue weighted by Crippen LogP contribution is -2.40. The van der Waals surface area contributed by atoms with E-state index in [1.807, 2.05) is 6.26 Å². The van der Waals surface area contributed by atoms with Crippen molar-refractivity contribution in [3.63, 3.8) is 0 Å². The Morgan fingerprint density at radius 2 is 2.26 bits per heavy atom. The maximum atomic E-state index is 13.2. The molecule has 4 nitrogen and oxygen atoms in total. The van der Waals surface area contributed by atoms with Gasteiger partial charge in [0.25, 0.3) is 0 Å². The van der Waals surface area contributed by atoms with Crippen molar-refractivity contribution in [3.8, 4) is 5.75 Å². The number of nitrogens with one attached hydrogen (secondary N) is 1. The number of nitrogens with two attached hydrogens (primary N) is 1. The number of thioether (sulfide) groups is 1. The zero-order valence-electron chi connectivity index (χ0n) is 11.1. The molecule has 0 bridgehead atoms. The number of hydrogen-bond donors (Lipinski definition) is 2. The van der Waals surface area contributed by atoms with Crippen LogP contribution < -0.4 is 15.8 Å². The quantitative estimate of drug-likeness (QED) is 0.798. The Kier molecular flexibility index (Phi) is 6.66. The van der Waals surface area contributed by atoms with Crippen LogP contribution in [0.25, 0.3) is 0 Å². The van der Waals surface area contributed by atoms with Crippen molar-refractivity contribution in [1.29, 1.82) is 0 Å². The molecule has 106 valence electrons. The van der Waals surface area contributed by atoms with Crippen LogP contribution in [-0.4, -0.2) is 31.1 Å². The molecule has 1 atom stereocenters. The standard InChI is InChI=1S/C13H19FN2O2S/c1-18-11-6-9(5-10(14)7-11)8-16-13(17)12(15)3-4-19-2/h5-7,12H,3-4,8,15H2,1-2H3,(H,16,17). The van der Waals surface area contributed by atoms with E-state index in [1.165, 1.54) is 19.2 Å². The summed E-state index contributed by atoms with van der Waals surface area (Å²) in [6, 6.07) is 3.80. The monoisotopic (exact) mass is 286 g/mol. The van der Waals surface area contributed by atoms with E-state index in [0.29, 0.717) is 17.7 Å². The summed E-state index contributed by atoms with van der Waals surface area (Å²) in [7, 11) is 1.47. The number of carbonyl (C=O) groups excluding carboxylic acids is 1. The average molecular weight is 286 g/mol. The van der Waals surface area contributed by atoms with Crippen molar-refractivity contribution in [3.05, 3.63) is 29.6 Å². The number of ether oxygens (including phenoxy) is 1. The molecule has 0 aromatic heterocycles. The summed E-state index contributed by atoms with van der Waals surface area (Å²) in [6.45, 7) is 0.236. The molecule has 0 saturated carbocycles. The second-order valence-corrected chi connectivity index (χ2v) is 5.09. The Balaban J connectivity index is 2.52. The Morgan fingerprint density at radius 1 is 1.53 bits per heavy atom. The fourth-order valence-corrected chi connectivity index (χ4v) is 2.03. The molecule has 0 fully saturated rings. The van der Waals surface area contributed by atoms with E-state index in [2.05, 4.69) is 5.32 Å². The van der Waals surface area contributed by atoms with Crippen molar-refractivity contribution < 1.29 is 13.9 Å². The molecule has 1 unspecified atom stereocenters. The fourth-order valence-electron chi connectivity index (χ4n) is 1.54. The van der Waals surface area contributed by atoms with Crippen LogP contribution in [0.3, 0.4) is 0 Å². The SMILES string of the molecule is COc1cc(F)cc(CNC(=O)C(N)CCSC)c1. The van der Waals surface area contributed by atoms with Gasteiger partial charge in [-0.05, 0) is 36.1 Å². The minimum absolute atomic E-state index is 0.225. The molecule has 1 aromatic rings. The molecule has 0 aliphatic rings. The lowest BCUT2D eigenvalue weighted by atomic mass is 10.2. The molecular formula is C13H19FN2O2S. The van der Waals surface area contributed by atoms with Gasteiger partial charge in [-0.25, -0.2) is 4.39 Å². The van der Waals surface area contributed by atoms with Crippen LogP contribution in [-0.2, 0) is 11.3 Å². The van der Waals surface area contributed by atoms with Gasteiger partial charge in [0.05, 0.1) is 13.2 Å². The second kappa shape index (κ2) is 8.01. The molecule has 0 radical (unpaired) electrons. The van der Waals surface area contributed by atoms with Crippen molar-refractivity contribution in [2.75, 3.05) is 19.1 Å². The molecule has 19 heavy (non-hydrogen) atoms.